The van der Waals surface area contributed by atoms with E-state index >= 15 is 0 Å². The number of rotatable bonds is 5. The van der Waals surface area contributed by atoms with Crippen LogP contribution in [0, 0.1) is 6.92 Å². The van der Waals surface area contributed by atoms with Crippen molar-refractivity contribution in [1.82, 2.24) is 29.6 Å². The fourth-order valence-corrected chi connectivity index (χ4v) is 4.92. The molecule has 1 saturated heterocycles. The number of benzene rings is 1. The van der Waals surface area contributed by atoms with E-state index in [1.54, 1.807) is 29.2 Å². The van der Waals surface area contributed by atoms with E-state index in [1.807, 2.05) is 13.0 Å². The normalized spacial score (nSPS) is 17.2. The molecular weight excluding hydrogens is 460 g/mol. The first-order valence-electron chi connectivity index (χ1n) is 12.1. The minimum atomic E-state index is -0.282. The lowest BCUT2D eigenvalue weighted by Gasteiger charge is -2.36. The summed E-state index contributed by atoms with van der Waals surface area (Å²) in [5, 5.41) is 11.3. The molecule has 1 fully saturated rings. The molecule has 0 radical (unpaired) electrons. The Morgan fingerprint density at radius 3 is 2.81 bits per heavy atom. The van der Waals surface area contributed by atoms with E-state index in [1.165, 1.54) is 0 Å². The fourth-order valence-electron chi connectivity index (χ4n) is 4.92. The molecular formula is C25H28N8O3. The first-order valence-corrected chi connectivity index (χ1v) is 12.1. The van der Waals surface area contributed by atoms with Crippen LogP contribution in [0.2, 0.25) is 0 Å². The number of fused-ring (bicyclic) bond motifs is 2. The second-order valence-electron chi connectivity index (χ2n) is 9.91. The zero-order valence-corrected chi connectivity index (χ0v) is 20.6. The molecule has 4 aromatic rings. The van der Waals surface area contributed by atoms with E-state index < -0.39 is 0 Å². The van der Waals surface area contributed by atoms with Gasteiger partial charge in [0.25, 0.3) is 5.91 Å². The van der Waals surface area contributed by atoms with E-state index in [-0.39, 0.29) is 11.5 Å². The number of aryl methyl sites for hydroxylation is 1. The minimum Gasteiger partial charge on any atom is -0.487 e. The maximum atomic E-state index is 13.3. The third kappa shape index (κ3) is 4.26. The van der Waals surface area contributed by atoms with E-state index in [2.05, 4.69) is 55.3 Å². The number of nitrogens with one attached hydrogen (secondary N) is 1. The first-order chi connectivity index (χ1) is 17.3. The van der Waals surface area contributed by atoms with Gasteiger partial charge in [-0.3, -0.25) is 9.69 Å². The number of carbonyl (C=O) groups excluding carboxylic acids is 1. The SMILES string of the molecule is Cc1noc(CN2CCN(c3cc4c(cc3NC(=O)c3cnn5cccnc35)CC(C)(C)O4)CC2)n1. The van der Waals surface area contributed by atoms with Crippen molar-refractivity contribution in [3.05, 3.63) is 59.6 Å². The van der Waals surface area contributed by atoms with Gasteiger partial charge >= 0.3 is 0 Å². The highest BCUT2D eigenvalue weighted by Gasteiger charge is 2.33. The third-order valence-corrected chi connectivity index (χ3v) is 6.59. The number of piperazine rings is 1. The standard InChI is InChI=1S/C25H28N8O3/c1-16-28-22(36-30-16)15-31-7-9-32(10-8-31)20-12-21-17(13-25(2,3)35-21)11-19(20)29-24(34)18-14-27-33-6-4-5-26-23(18)33/h4-6,11-12,14H,7-10,13,15H2,1-3H3,(H,29,34). The summed E-state index contributed by atoms with van der Waals surface area (Å²) in [6.45, 7) is 9.84. The summed E-state index contributed by atoms with van der Waals surface area (Å²) in [7, 11) is 0. The van der Waals surface area contributed by atoms with Crippen molar-refractivity contribution in [3.8, 4) is 5.75 Å². The van der Waals surface area contributed by atoms with Gasteiger partial charge in [0, 0.05) is 56.6 Å². The van der Waals surface area contributed by atoms with Gasteiger partial charge in [0.15, 0.2) is 11.5 Å². The molecule has 0 saturated carbocycles. The number of hydrogen-bond donors (Lipinski definition) is 1. The molecule has 6 rings (SSSR count). The summed E-state index contributed by atoms with van der Waals surface area (Å²) >= 11 is 0. The number of hydrogen-bond acceptors (Lipinski definition) is 9. The van der Waals surface area contributed by atoms with Crippen LogP contribution in [0.1, 0.15) is 41.5 Å². The summed E-state index contributed by atoms with van der Waals surface area (Å²) in [5.41, 5.74) is 3.46. The molecule has 0 unspecified atom stereocenters. The Hall–Kier alpha value is -3.99. The van der Waals surface area contributed by atoms with Crippen LogP contribution in [0.25, 0.3) is 5.65 Å². The average Bonchev–Trinajstić information content (AvgIpc) is 3.54. The van der Waals surface area contributed by atoms with Gasteiger partial charge in [-0.2, -0.15) is 10.1 Å². The Labute approximate surface area is 208 Å². The van der Waals surface area contributed by atoms with E-state index in [0.717, 1.165) is 55.3 Å². The molecule has 36 heavy (non-hydrogen) atoms. The van der Waals surface area contributed by atoms with E-state index in [4.69, 9.17) is 9.26 Å². The van der Waals surface area contributed by atoms with Crippen LogP contribution in [0.15, 0.2) is 41.3 Å². The Balaban J connectivity index is 1.26. The van der Waals surface area contributed by atoms with Gasteiger partial charge in [0.2, 0.25) is 5.89 Å². The molecule has 186 valence electrons. The monoisotopic (exact) mass is 488 g/mol. The molecule has 1 N–H and O–H groups in total. The maximum Gasteiger partial charge on any atom is 0.261 e. The Morgan fingerprint density at radius 1 is 1.19 bits per heavy atom. The zero-order chi connectivity index (χ0) is 24.9. The molecule has 5 heterocycles. The molecule has 1 amide bonds. The van der Waals surface area contributed by atoms with Crippen molar-refractivity contribution in [2.75, 3.05) is 36.4 Å². The number of amides is 1. The molecule has 1 aromatic carbocycles. The molecule has 11 nitrogen and oxygen atoms in total. The molecule has 0 bridgehead atoms. The smallest absolute Gasteiger partial charge is 0.261 e. The summed E-state index contributed by atoms with van der Waals surface area (Å²) in [6.07, 6.45) is 5.76. The van der Waals surface area contributed by atoms with Crippen LogP contribution in [0.4, 0.5) is 11.4 Å². The van der Waals surface area contributed by atoms with E-state index in [0.29, 0.717) is 29.5 Å². The van der Waals surface area contributed by atoms with Crippen LogP contribution in [0.5, 0.6) is 5.75 Å². The second kappa shape index (κ2) is 8.59. The number of anilines is 2. The lowest BCUT2D eigenvalue weighted by atomic mass is 10.0. The van der Waals surface area contributed by atoms with Crippen molar-refractivity contribution in [3.63, 3.8) is 0 Å². The van der Waals surface area contributed by atoms with Gasteiger partial charge in [-0.15, -0.1) is 0 Å². The Bertz CT molecular complexity index is 1430. The van der Waals surface area contributed by atoms with Crippen LogP contribution in [-0.4, -0.2) is 67.3 Å². The highest BCUT2D eigenvalue weighted by molar-refractivity contribution is 6.09. The summed E-state index contributed by atoms with van der Waals surface area (Å²) in [6, 6.07) is 5.89. The number of aromatic nitrogens is 5. The van der Waals surface area contributed by atoms with Gasteiger partial charge in [0.05, 0.1) is 24.1 Å². The van der Waals surface area contributed by atoms with Crippen molar-refractivity contribution in [1.29, 1.82) is 0 Å². The van der Waals surface area contributed by atoms with Crippen molar-refractivity contribution >= 4 is 22.9 Å². The number of nitrogens with zero attached hydrogens (tertiary/aromatic N) is 7. The summed E-state index contributed by atoms with van der Waals surface area (Å²) in [5.74, 6) is 1.90. The second-order valence-corrected chi connectivity index (χ2v) is 9.91. The van der Waals surface area contributed by atoms with Gasteiger partial charge in [0.1, 0.15) is 16.9 Å². The molecule has 0 aliphatic carbocycles. The Kier molecular flexibility index (Phi) is 5.36. The van der Waals surface area contributed by atoms with Crippen molar-refractivity contribution < 1.29 is 14.1 Å². The molecule has 0 atom stereocenters. The third-order valence-electron chi connectivity index (χ3n) is 6.59. The van der Waals surface area contributed by atoms with Crippen LogP contribution >= 0.6 is 0 Å². The minimum absolute atomic E-state index is 0.242. The molecule has 3 aromatic heterocycles. The lowest BCUT2D eigenvalue weighted by Crippen LogP contribution is -2.46. The van der Waals surface area contributed by atoms with Gasteiger partial charge < -0.3 is 19.5 Å². The predicted octanol–water partition coefficient (Wildman–Crippen LogP) is 2.71. The van der Waals surface area contributed by atoms with E-state index in [9.17, 15) is 4.79 Å². The van der Waals surface area contributed by atoms with Gasteiger partial charge in [-0.25, -0.2) is 9.50 Å². The molecule has 0 spiro atoms. The highest BCUT2D eigenvalue weighted by Crippen LogP contribution is 2.42. The maximum absolute atomic E-state index is 13.3. The molecule has 11 heteroatoms. The Morgan fingerprint density at radius 2 is 2.03 bits per heavy atom. The van der Waals surface area contributed by atoms with Gasteiger partial charge in [-0.05, 0) is 32.9 Å². The first kappa shape index (κ1) is 22.5. The zero-order valence-electron chi connectivity index (χ0n) is 20.6. The molecule has 2 aliphatic heterocycles. The van der Waals surface area contributed by atoms with Gasteiger partial charge in [-0.1, -0.05) is 5.16 Å². The average molecular weight is 489 g/mol. The van der Waals surface area contributed by atoms with Crippen molar-refractivity contribution in [2.24, 2.45) is 0 Å². The van der Waals surface area contributed by atoms with Crippen LogP contribution in [-0.2, 0) is 13.0 Å². The van der Waals surface area contributed by atoms with Crippen molar-refractivity contribution in [2.45, 2.75) is 39.3 Å². The number of carbonyl (C=O) groups is 1. The summed E-state index contributed by atoms with van der Waals surface area (Å²) < 4.78 is 13.1. The lowest BCUT2D eigenvalue weighted by molar-refractivity contribution is 0.102. The molecule has 2 aliphatic rings. The fraction of sp³-hybridized carbons (Fsp3) is 0.400. The number of ether oxygens (including phenoxy) is 1. The highest BCUT2D eigenvalue weighted by atomic mass is 16.5. The summed E-state index contributed by atoms with van der Waals surface area (Å²) in [4.78, 5) is 26.5. The quantitative estimate of drug-likeness (QED) is 0.453. The topological polar surface area (TPSA) is 114 Å². The van der Waals surface area contributed by atoms with Crippen LogP contribution in [0.3, 0.4) is 0 Å². The largest absolute Gasteiger partial charge is 0.487 e. The van der Waals surface area contributed by atoms with Crippen LogP contribution < -0.4 is 15.0 Å². The predicted molar refractivity (Wildman–Crippen MR) is 132 cm³/mol.